The zero-order chi connectivity index (χ0) is 59.3. The van der Waals surface area contributed by atoms with Crippen LogP contribution in [0.4, 0.5) is 0 Å². The summed E-state index contributed by atoms with van der Waals surface area (Å²) in [6, 6.07) is 48.9. The molecule has 0 atom stereocenters. The lowest BCUT2D eigenvalue weighted by atomic mass is 10.1. The zero-order valence-corrected chi connectivity index (χ0v) is 53.7. The van der Waals surface area contributed by atoms with Gasteiger partial charge in [-0.3, -0.25) is 9.59 Å². The highest BCUT2D eigenvalue weighted by Crippen LogP contribution is 2.48. The number of nitrogens with zero attached hydrogens (tertiary/aromatic N) is 4. The SMILES string of the molecule is CC.CC.CCCOc1ccc(C=Cc2ccc(C=Cc3nnc(C(Br)(Br)Br)o3)cc2)cc1.CCCOc1ccc(C=Cc2ccc(C=Cc3nnc(C(Cl)(Cl)Cl)o3)cc2)cc1.CP(=O)(C(=O)c1ccccc1)C(=O)c1ccccc1. The van der Waals surface area contributed by atoms with Crippen LogP contribution in [0.1, 0.15) is 132 Å². The van der Waals surface area contributed by atoms with Crippen LogP contribution in [0.2, 0.25) is 0 Å². The molecular weight excluding hydrogens is 1300 g/mol. The first kappa shape index (κ1) is 67.5. The Morgan fingerprint density at radius 2 is 0.753 bits per heavy atom. The Bertz CT molecular complexity index is 3090. The van der Waals surface area contributed by atoms with Gasteiger partial charge in [-0.15, -0.1) is 20.4 Å². The topological polar surface area (TPSA) is 148 Å². The summed E-state index contributed by atoms with van der Waals surface area (Å²) in [6.07, 6.45) is 17.5. The van der Waals surface area contributed by atoms with Crippen LogP contribution in [0.3, 0.4) is 0 Å². The van der Waals surface area contributed by atoms with E-state index < -0.39 is 24.1 Å². The van der Waals surface area contributed by atoms with Crippen molar-refractivity contribution in [2.75, 3.05) is 19.9 Å². The van der Waals surface area contributed by atoms with Crippen molar-refractivity contribution in [1.29, 1.82) is 0 Å². The van der Waals surface area contributed by atoms with Crippen molar-refractivity contribution in [1.82, 2.24) is 20.4 Å². The van der Waals surface area contributed by atoms with Crippen LogP contribution in [-0.4, -0.2) is 51.3 Å². The van der Waals surface area contributed by atoms with E-state index in [-0.39, 0.29) is 11.8 Å². The van der Waals surface area contributed by atoms with Crippen LogP contribution in [0.15, 0.2) is 167 Å². The molecule has 0 saturated heterocycles. The summed E-state index contributed by atoms with van der Waals surface area (Å²) in [5, 5.41) is 15.5. The maximum atomic E-state index is 12.5. The van der Waals surface area contributed by atoms with Gasteiger partial charge in [-0.2, -0.15) is 0 Å². The van der Waals surface area contributed by atoms with E-state index in [0.717, 1.165) is 70.9 Å². The standard InChI is InChI=1S/C22H19Br3N2O2.C22H19Cl3N2O2.C15H13O3P.2C2H6/c2*1-2-15-28-19-12-9-18(10-13-19)8-5-16-3-6-17(7-4-16)11-14-20-26-27-21(29-20)22(23,24)25;1-19(18,14(16)12-8-4-2-5-9-12)15(17)13-10-6-3-7-11-13;2*1-2/h2*3-14H,2,15H2,1H3;2-11H,1H3;2*1-2H3. The van der Waals surface area contributed by atoms with Crippen LogP contribution in [0, 0.1) is 0 Å². The Labute approximate surface area is 515 Å². The fourth-order valence-electron chi connectivity index (χ4n) is 6.53. The highest BCUT2D eigenvalue weighted by molar-refractivity contribution is 9.38. The highest BCUT2D eigenvalue weighted by atomic mass is 80.0. The number of hydrogen-bond acceptors (Lipinski definition) is 11. The lowest BCUT2D eigenvalue weighted by Gasteiger charge is -2.10. The molecule has 8 rings (SSSR count). The van der Waals surface area contributed by atoms with Crippen LogP contribution < -0.4 is 9.47 Å². The van der Waals surface area contributed by atoms with Crippen molar-refractivity contribution in [2.45, 2.75) is 60.3 Å². The molecule has 0 bridgehead atoms. The van der Waals surface area contributed by atoms with Gasteiger partial charge in [0.1, 0.15) is 11.5 Å². The van der Waals surface area contributed by atoms with E-state index in [1.54, 1.807) is 72.8 Å². The quantitative estimate of drug-likeness (QED) is 0.0459. The predicted octanol–water partition coefficient (Wildman–Crippen LogP) is 20.2. The lowest BCUT2D eigenvalue weighted by Crippen LogP contribution is -2.09. The number of carbonyl (C=O) groups is 2. The van der Waals surface area contributed by atoms with E-state index in [1.165, 1.54) is 6.66 Å². The monoisotopic (exact) mass is 1360 g/mol. The average molecular weight is 1370 g/mol. The van der Waals surface area contributed by atoms with Gasteiger partial charge in [-0.1, -0.05) is 234 Å². The number of hydrogen-bond donors (Lipinski definition) is 0. The molecule has 0 fully saturated rings. The molecule has 11 nitrogen and oxygen atoms in total. The Kier molecular flexibility index (Phi) is 29.3. The molecule has 0 radical (unpaired) electrons. The summed E-state index contributed by atoms with van der Waals surface area (Å²) in [5.74, 6) is 2.82. The third-order valence-corrected chi connectivity index (χ3v) is 14.1. The first-order valence-electron chi connectivity index (χ1n) is 25.9. The van der Waals surface area contributed by atoms with Crippen LogP contribution >= 0.6 is 89.7 Å². The minimum absolute atomic E-state index is 0.0624. The molecule has 6 aromatic carbocycles. The van der Waals surface area contributed by atoms with Gasteiger partial charge in [0.25, 0.3) is 15.6 Å². The first-order valence-corrected chi connectivity index (χ1v) is 31.5. The second kappa shape index (κ2) is 35.1. The minimum atomic E-state index is -3.60. The number of aromatic nitrogens is 4. The maximum Gasteiger partial charge on any atom is 0.268 e. The number of halogens is 6. The number of alkyl halides is 6. The summed E-state index contributed by atoms with van der Waals surface area (Å²) < 4.78 is 32.1. The molecule has 0 N–H and O–H groups in total. The number of rotatable bonds is 18. The molecule has 0 saturated carbocycles. The summed E-state index contributed by atoms with van der Waals surface area (Å²) in [7, 11) is -3.60. The van der Waals surface area contributed by atoms with Crippen molar-refractivity contribution in [3.8, 4) is 11.5 Å². The van der Waals surface area contributed by atoms with Crippen LogP contribution in [0.5, 0.6) is 11.5 Å². The number of ether oxygens (including phenoxy) is 2. The molecule has 18 heteroatoms. The van der Waals surface area contributed by atoms with Crippen molar-refractivity contribution < 1.29 is 32.5 Å². The second-order valence-electron chi connectivity index (χ2n) is 16.7. The highest BCUT2D eigenvalue weighted by Gasteiger charge is 2.36. The minimum Gasteiger partial charge on any atom is -0.494 e. The second-order valence-corrected chi connectivity index (χ2v) is 28.4. The number of benzene rings is 6. The molecule has 0 aliphatic heterocycles. The Morgan fingerprint density at radius 3 is 1.02 bits per heavy atom. The fraction of sp³-hybridized carbons (Fsp3) is 0.206. The summed E-state index contributed by atoms with van der Waals surface area (Å²) >= 11 is 27.2. The average Bonchev–Trinajstić information content (AvgIpc) is 4.22. The van der Waals surface area contributed by atoms with E-state index in [1.807, 2.05) is 113 Å². The Hall–Kier alpha value is -5.96. The van der Waals surface area contributed by atoms with Gasteiger partial charge in [0, 0.05) is 29.9 Å². The van der Waals surface area contributed by atoms with Gasteiger partial charge in [-0.25, -0.2) is 0 Å². The fourth-order valence-corrected chi connectivity index (χ4v) is 8.70. The van der Waals surface area contributed by atoms with Gasteiger partial charge >= 0.3 is 0 Å². The third-order valence-electron chi connectivity index (χ3n) is 10.5. The van der Waals surface area contributed by atoms with E-state index in [4.69, 9.17) is 53.1 Å². The molecule has 8 aromatic rings. The van der Waals surface area contributed by atoms with Crippen molar-refractivity contribution in [3.05, 3.63) is 226 Å². The first-order chi connectivity index (χ1) is 38.9. The Morgan fingerprint density at radius 1 is 0.469 bits per heavy atom. The van der Waals surface area contributed by atoms with E-state index in [9.17, 15) is 14.2 Å². The molecule has 0 amide bonds. The van der Waals surface area contributed by atoms with E-state index >= 15 is 0 Å². The van der Waals surface area contributed by atoms with E-state index in [2.05, 4.69) is 131 Å². The van der Waals surface area contributed by atoms with Gasteiger partial charge in [-0.05, 0) is 130 Å². The number of carbonyl (C=O) groups excluding carboxylic acids is 2. The molecule has 0 aliphatic rings. The van der Waals surface area contributed by atoms with Gasteiger partial charge in [0.05, 0.1) is 13.2 Å². The molecular formula is C63H63Br3Cl3N4O7P. The van der Waals surface area contributed by atoms with Gasteiger partial charge in [0.15, 0.2) is 0 Å². The molecule has 424 valence electrons. The summed E-state index contributed by atoms with van der Waals surface area (Å²) in [4.78, 5) is 24.4. The summed E-state index contributed by atoms with van der Waals surface area (Å²) in [6.45, 7) is 14.9. The lowest BCUT2D eigenvalue weighted by molar-refractivity contribution is 0.103. The van der Waals surface area contributed by atoms with Crippen molar-refractivity contribution in [3.63, 3.8) is 0 Å². The normalized spacial score (nSPS) is 11.4. The molecule has 0 aliphatic carbocycles. The van der Waals surface area contributed by atoms with Crippen LogP contribution in [0.25, 0.3) is 48.6 Å². The smallest absolute Gasteiger partial charge is 0.268 e. The zero-order valence-electron chi connectivity index (χ0n) is 45.8. The summed E-state index contributed by atoms with van der Waals surface area (Å²) in [5.41, 5.74) is 5.89. The molecule has 81 heavy (non-hydrogen) atoms. The maximum absolute atomic E-state index is 12.5. The third kappa shape index (κ3) is 23.4. The molecule has 2 aromatic heterocycles. The Balaban J connectivity index is 0.000000259. The molecule has 2 heterocycles. The van der Waals surface area contributed by atoms with Gasteiger partial charge < -0.3 is 22.9 Å². The molecule has 0 unspecified atom stereocenters. The van der Waals surface area contributed by atoms with Crippen molar-refractivity contribution >= 4 is 149 Å². The largest absolute Gasteiger partial charge is 0.494 e. The van der Waals surface area contributed by atoms with Crippen molar-refractivity contribution in [2.24, 2.45) is 0 Å². The molecule has 0 spiro atoms. The van der Waals surface area contributed by atoms with E-state index in [0.29, 0.717) is 22.9 Å². The van der Waals surface area contributed by atoms with Gasteiger partial charge in [0.2, 0.25) is 32.1 Å². The van der Waals surface area contributed by atoms with Crippen LogP contribution in [-0.2, 0) is 10.5 Å². The predicted molar refractivity (Wildman–Crippen MR) is 347 cm³/mol.